The molecule has 9 nitrogen and oxygen atoms in total. The maximum Gasteiger partial charge on any atom is 0.220 e. The van der Waals surface area contributed by atoms with Gasteiger partial charge in [-0.15, -0.1) is 0 Å². The van der Waals surface area contributed by atoms with Gasteiger partial charge < -0.3 is 40.3 Å². The Balaban J connectivity index is 2.05. The van der Waals surface area contributed by atoms with Crippen LogP contribution in [0, 0.1) is 0 Å². The molecule has 0 saturated carbocycles. The minimum atomic E-state index is -1.57. The summed E-state index contributed by atoms with van der Waals surface area (Å²) in [6.07, 6.45) is 83.4. The van der Waals surface area contributed by atoms with Crippen LogP contribution in [-0.4, -0.2) is 87.5 Å². The molecule has 1 saturated heterocycles. The van der Waals surface area contributed by atoms with Crippen molar-refractivity contribution in [1.29, 1.82) is 0 Å². The number of hydrogen-bond donors (Lipinski definition) is 6. The van der Waals surface area contributed by atoms with Crippen LogP contribution in [0.25, 0.3) is 0 Å². The SMILES string of the molecule is CCCCCCCCCCCCCCCCCCCCC/C=C/CC/C=C/C(O)C(COC1OC(CO)C(O)C(O)C1O)NC(=O)CCCCCCCCCCCCCCCCCCCCCCCCCCCCCCCCCCCCCCCCC. The van der Waals surface area contributed by atoms with Crippen molar-refractivity contribution in [2.45, 2.75) is 455 Å². The molecule has 7 unspecified atom stereocenters. The first kappa shape index (κ1) is 83.7. The summed E-state index contributed by atoms with van der Waals surface area (Å²) in [5, 5.41) is 54.8. The summed E-state index contributed by atoms with van der Waals surface area (Å²) in [4.78, 5) is 13.1. The highest BCUT2D eigenvalue weighted by Crippen LogP contribution is 2.24. The summed E-state index contributed by atoms with van der Waals surface area (Å²) in [5.41, 5.74) is 0. The van der Waals surface area contributed by atoms with Crippen molar-refractivity contribution in [1.82, 2.24) is 5.32 Å². The molecule has 0 aliphatic carbocycles. The molecular formula is C78H151NO8. The number of amides is 1. The highest BCUT2D eigenvalue weighted by Gasteiger charge is 2.44. The van der Waals surface area contributed by atoms with E-state index in [1.165, 1.54) is 353 Å². The fourth-order valence-corrected chi connectivity index (χ4v) is 12.9. The van der Waals surface area contributed by atoms with E-state index in [0.29, 0.717) is 6.42 Å². The molecule has 0 spiro atoms. The average molecular weight is 1230 g/mol. The van der Waals surface area contributed by atoms with Crippen LogP contribution in [0.15, 0.2) is 24.3 Å². The largest absolute Gasteiger partial charge is 0.394 e. The van der Waals surface area contributed by atoms with E-state index >= 15 is 0 Å². The molecule has 1 heterocycles. The number of nitrogens with one attached hydrogen (secondary N) is 1. The van der Waals surface area contributed by atoms with Crippen LogP contribution in [0.2, 0.25) is 0 Å². The molecule has 0 aromatic rings. The van der Waals surface area contributed by atoms with E-state index in [-0.39, 0.29) is 12.5 Å². The summed E-state index contributed by atoms with van der Waals surface area (Å²) >= 11 is 0. The van der Waals surface area contributed by atoms with Gasteiger partial charge in [-0.25, -0.2) is 0 Å². The van der Waals surface area contributed by atoms with Crippen LogP contribution in [-0.2, 0) is 14.3 Å². The van der Waals surface area contributed by atoms with Crippen molar-refractivity contribution >= 4 is 5.91 Å². The van der Waals surface area contributed by atoms with Gasteiger partial charge in [0.25, 0.3) is 0 Å². The van der Waals surface area contributed by atoms with Gasteiger partial charge in [-0.2, -0.15) is 0 Å². The van der Waals surface area contributed by atoms with Crippen molar-refractivity contribution < 1.29 is 39.8 Å². The van der Waals surface area contributed by atoms with Crippen LogP contribution in [0.3, 0.4) is 0 Å². The van der Waals surface area contributed by atoms with E-state index in [2.05, 4.69) is 31.3 Å². The molecule has 0 aromatic heterocycles. The molecule has 87 heavy (non-hydrogen) atoms. The van der Waals surface area contributed by atoms with E-state index in [0.717, 1.165) is 38.5 Å². The van der Waals surface area contributed by atoms with Gasteiger partial charge in [0.1, 0.15) is 24.4 Å². The molecule has 0 radical (unpaired) electrons. The molecule has 1 rings (SSSR count). The quantitative estimate of drug-likeness (QED) is 0.0261. The second-order valence-corrected chi connectivity index (χ2v) is 27.5. The zero-order valence-corrected chi connectivity index (χ0v) is 58.1. The molecular weight excluding hydrogens is 1080 g/mol. The minimum Gasteiger partial charge on any atom is -0.394 e. The molecule has 9 heteroatoms. The summed E-state index contributed by atoms with van der Waals surface area (Å²) in [5.74, 6) is -0.177. The number of hydrogen-bond acceptors (Lipinski definition) is 8. The maximum absolute atomic E-state index is 13.1. The minimum absolute atomic E-state index is 0.177. The normalized spacial score (nSPS) is 18.0. The van der Waals surface area contributed by atoms with Gasteiger partial charge in [0, 0.05) is 6.42 Å². The Morgan fingerprint density at radius 1 is 0.379 bits per heavy atom. The maximum atomic E-state index is 13.1. The zero-order chi connectivity index (χ0) is 62.8. The summed E-state index contributed by atoms with van der Waals surface area (Å²) in [6.45, 7) is 3.83. The zero-order valence-electron chi connectivity index (χ0n) is 58.1. The number of carbonyl (C=O) groups is 1. The molecule has 7 atom stereocenters. The second kappa shape index (κ2) is 67.6. The standard InChI is InChI=1S/C78H151NO8/c1-3-5-7-9-11-13-15-17-19-21-23-25-27-29-30-31-32-33-34-35-36-37-38-39-40-41-42-44-46-48-50-52-54-56-58-60-62-64-66-68-74(82)79-71(70-86-78-77(85)76(84)75(83)73(69-80)87-78)72(81)67-65-63-61-59-57-55-53-51-49-47-45-43-28-26-24-22-20-18-16-14-12-10-8-6-4-2/h57,59,65,67,71-73,75-78,80-81,83-85H,3-56,58,60-64,66,68-70H2,1-2H3,(H,79,82)/b59-57+,67-65+. The van der Waals surface area contributed by atoms with E-state index in [1.54, 1.807) is 6.08 Å². The summed E-state index contributed by atoms with van der Waals surface area (Å²) < 4.78 is 11.3. The molecule has 1 fully saturated rings. The van der Waals surface area contributed by atoms with E-state index in [1.807, 2.05) is 6.08 Å². The van der Waals surface area contributed by atoms with Crippen molar-refractivity contribution in [3.05, 3.63) is 24.3 Å². The number of ether oxygens (including phenoxy) is 2. The van der Waals surface area contributed by atoms with Gasteiger partial charge in [-0.3, -0.25) is 4.79 Å². The lowest BCUT2D eigenvalue weighted by Gasteiger charge is -2.40. The van der Waals surface area contributed by atoms with E-state index in [9.17, 15) is 30.3 Å². The first-order valence-corrected chi connectivity index (χ1v) is 39.1. The van der Waals surface area contributed by atoms with Crippen LogP contribution < -0.4 is 5.32 Å². The second-order valence-electron chi connectivity index (χ2n) is 27.5. The van der Waals surface area contributed by atoms with E-state index in [4.69, 9.17) is 9.47 Å². The molecule has 1 aliphatic heterocycles. The predicted octanol–water partition coefficient (Wildman–Crippen LogP) is 22.0. The summed E-state index contributed by atoms with van der Waals surface area (Å²) in [7, 11) is 0. The smallest absolute Gasteiger partial charge is 0.220 e. The van der Waals surface area contributed by atoms with Crippen LogP contribution in [0.1, 0.15) is 412 Å². The first-order chi connectivity index (χ1) is 42.8. The molecule has 1 aliphatic rings. The van der Waals surface area contributed by atoms with Gasteiger partial charge in [-0.1, -0.05) is 398 Å². The van der Waals surface area contributed by atoms with Crippen molar-refractivity contribution in [3.8, 4) is 0 Å². The fourth-order valence-electron chi connectivity index (χ4n) is 12.9. The number of allylic oxidation sites excluding steroid dienone is 3. The van der Waals surface area contributed by atoms with Crippen LogP contribution in [0.5, 0.6) is 0 Å². The number of carbonyl (C=O) groups excluding carboxylic acids is 1. The number of unbranched alkanes of at least 4 members (excludes halogenated alkanes) is 58. The first-order valence-electron chi connectivity index (χ1n) is 39.1. The Bertz CT molecular complexity index is 1430. The number of rotatable bonds is 70. The molecule has 1 amide bonds. The number of aliphatic hydroxyl groups is 5. The van der Waals surface area contributed by atoms with Crippen LogP contribution in [0.4, 0.5) is 0 Å². The van der Waals surface area contributed by atoms with Gasteiger partial charge in [-0.05, 0) is 32.1 Å². The summed E-state index contributed by atoms with van der Waals surface area (Å²) in [6, 6.07) is -0.821. The highest BCUT2D eigenvalue weighted by atomic mass is 16.7. The van der Waals surface area contributed by atoms with Gasteiger partial charge >= 0.3 is 0 Å². The lowest BCUT2D eigenvalue weighted by atomic mass is 9.99. The Hall–Kier alpha value is -1.33. The Kier molecular flexibility index (Phi) is 65.0. The van der Waals surface area contributed by atoms with Crippen molar-refractivity contribution in [3.63, 3.8) is 0 Å². The van der Waals surface area contributed by atoms with E-state index < -0.39 is 49.5 Å². The average Bonchev–Trinajstić information content (AvgIpc) is 3.65. The Morgan fingerprint density at radius 3 is 0.966 bits per heavy atom. The molecule has 516 valence electrons. The van der Waals surface area contributed by atoms with Crippen molar-refractivity contribution in [2.24, 2.45) is 0 Å². The predicted molar refractivity (Wildman–Crippen MR) is 374 cm³/mol. The lowest BCUT2D eigenvalue weighted by molar-refractivity contribution is -0.302. The van der Waals surface area contributed by atoms with Crippen LogP contribution >= 0.6 is 0 Å². The Labute approximate surface area is 540 Å². The van der Waals surface area contributed by atoms with Gasteiger partial charge in [0.2, 0.25) is 5.91 Å². The topological polar surface area (TPSA) is 149 Å². The lowest BCUT2D eigenvalue weighted by Crippen LogP contribution is -2.60. The molecule has 0 aromatic carbocycles. The fraction of sp³-hybridized carbons (Fsp3) is 0.936. The monoisotopic (exact) mass is 1230 g/mol. The van der Waals surface area contributed by atoms with Gasteiger partial charge in [0.05, 0.1) is 25.4 Å². The van der Waals surface area contributed by atoms with Crippen molar-refractivity contribution in [2.75, 3.05) is 13.2 Å². The molecule has 0 bridgehead atoms. The third kappa shape index (κ3) is 56.0. The molecule has 6 N–H and O–H groups in total. The van der Waals surface area contributed by atoms with Gasteiger partial charge in [0.15, 0.2) is 6.29 Å². The third-order valence-corrected chi connectivity index (χ3v) is 19.0. The number of aliphatic hydroxyl groups excluding tert-OH is 5. The highest BCUT2D eigenvalue weighted by molar-refractivity contribution is 5.76. The Morgan fingerprint density at radius 2 is 0.655 bits per heavy atom. The third-order valence-electron chi connectivity index (χ3n) is 19.0.